The highest BCUT2D eigenvalue weighted by atomic mass is 35.5. The molecule has 17 heavy (non-hydrogen) atoms. The van der Waals surface area contributed by atoms with Crippen LogP contribution in [0.3, 0.4) is 0 Å². The van der Waals surface area contributed by atoms with E-state index in [9.17, 15) is 13.2 Å². The molecule has 1 aromatic heterocycles. The van der Waals surface area contributed by atoms with Gasteiger partial charge in [-0.2, -0.15) is 5.10 Å². The minimum atomic E-state index is -3.57. The maximum absolute atomic E-state index is 11.8. The number of amides is 1. The predicted octanol–water partition coefficient (Wildman–Crippen LogP) is 0.581. The Labute approximate surface area is 104 Å². The fraction of sp³-hybridized carbons (Fsp3) is 0.444. The Balaban J connectivity index is 2.22. The Hall–Kier alpha value is -1.21. The highest BCUT2D eigenvalue weighted by molar-refractivity contribution is 7.94. The molecule has 0 saturated carbocycles. The molecule has 0 bridgehead atoms. The van der Waals surface area contributed by atoms with Gasteiger partial charge in [0, 0.05) is 0 Å². The molecule has 1 fully saturated rings. The highest BCUT2D eigenvalue weighted by Crippen LogP contribution is 2.35. The van der Waals surface area contributed by atoms with Crippen LogP contribution in [0.5, 0.6) is 0 Å². The summed E-state index contributed by atoms with van der Waals surface area (Å²) in [5.74, 6) is -0.436. The van der Waals surface area contributed by atoms with Crippen molar-refractivity contribution in [1.29, 1.82) is 0 Å². The van der Waals surface area contributed by atoms with E-state index in [2.05, 4.69) is 10.2 Å². The first-order chi connectivity index (χ1) is 7.76. The summed E-state index contributed by atoms with van der Waals surface area (Å²) in [4.78, 5) is 11.6. The molecule has 0 unspecified atom stereocenters. The molecule has 92 valence electrons. The number of halogens is 1. The Morgan fingerprint density at radius 3 is 2.47 bits per heavy atom. The van der Waals surface area contributed by atoms with Crippen molar-refractivity contribution in [3.05, 3.63) is 23.0 Å². The highest BCUT2D eigenvalue weighted by Gasteiger charge is 2.60. The van der Waals surface area contributed by atoms with Crippen molar-refractivity contribution in [3.8, 4) is 0 Å². The normalized spacial score (nSPS) is 21.1. The van der Waals surface area contributed by atoms with Crippen molar-refractivity contribution in [3.63, 3.8) is 0 Å². The zero-order chi connectivity index (χ0) is 12.8. The van der Waals surface area contributed by atoms with E-state index in [4.69, 9.17) is 11.6 Å². The molecule has 0 spiro atoms. The van der Waals surface area contributed by atoms with E-state index in [1.807, 2.05) is 0 Å². The van der Waals surface area contributed by atoms with Gasteiger partial charge in [-0.05, 0) is 26.0 Å². The molecular formula is C9H10ClN3O3S. The van der Waals surface area contributed by atoms with Gasteiger partial charge in [0.15, 0.2) is 9.90 Å². The fourth-order valence-electron chi connectivity index (χ4n) is 1.49. The first kappa shape index (κ1) is 12.3. The van der Waals surface area contributed by atoms with Crippen molar-refractivity contribution < 1.29 is 13.2 Å². The Bertz CT molecular complexity index is 568. The van der Waals surface area contributed by atoms with Gasteiger partial charge < -0.3 is 0 Å². The summed E-state index contributed by atoms with van der Waals surface area (Å²) >= 11 is 5.55. The molecule has 1 saturated heterocycles. The number of aromatic nitrogens is 2. The maximum atomic E-state index is 11.8. The van der Waals surface area contributed by atoms with E-state index in [-0.39, 0.29) is 11.7 Å². The number of carbonyl (C=O) groups excluding carboxylic acids is 1. The Kier molecular flexibility index (Phi) is 2.62. The average molecular weight is 276 g/mol. The summed E-state index contributed by atoms with van der Waals surface area (Å²) in [6.07, 6.45) is 0. The van der Waals surface area contributed by atoms with Gasteiger partial charge in [0.2, 0.25) is 0 Å². The lowest BCUT2D eigenvalue weighted by Crippen LogP contribution is -2.66. The standard InChI is InChI=1S/C9H10ClN3O3S/c1-9(2)8(14)13(17(9,15)16)5-6-3-4-7(10)12-11-6/h3-4H,5H2,1-2H3. The van der Waals surface area contributed by atoms with Crippen molar-refractivity contribution in [2.75, 3.05) is 0 Å². The van der Waals surface area contributed by atoms with Crippen molar-refractivity contribution in [2.24, 2.45) is 0 Å². The number of sulfonamides is 1. The molecule has 1 aliphatic rings. The molecule has 1 amide bonds. The molecule has 1 aliphatic heterocycles. The molecule has 1 aromatic rings. The van der Waals surface area contributed by atoms with E-state index >= 15 is 0 Å². The summed E-state index contributed by atoms with van der Waals surface area (Å²) in [6, 6.07) is 3.02. The third-order valence-electron chi connectivity index (χ3n) is 2.67. The summed E-state index contributed by atoms with van der Waals surface area (Å²) in [7, 11) is -3.57. The van der Waals surface area contributed by atoms with E-state index in [1.165, 1.54) is 26.0 Å². The lowest BCUT2D eigenvalue weighted by atomic mass is 10.2. The second-order valence-electron chi connectivity index (χ2n) is 4.17. The van der Waals surface area contributed by atoms with Crippen LogP contribution in [0.2, 0.25) is 5.15 Å². The fourth-order valence-corrected chi connectivity index (χ4v) is 3.09. The van der Waals surface area contributed by atoms with E-state index in [0.717, 1.165) is 4.31 Å². The second-order valence-corrected chi connectivity index (χ2v) is 6.97. The largest absolute Gasteiger partial charge is 0.272 e. The summed E-state index contributed by atoms with van der Waals surface area (Å²) in [5, 5.41) is 7.50. The summed E-state index contributed by atoms with van der Waals surface area (Å²) in [5.41, 5.74) is 0.377. The van der Waals surface area contributed by atoms with Crippen LogP contribution < -0.4 is 0 Å². The molecule has 0 aromatic carbocycles. The summed E-state index contributed by atoms with van der Waals surface area (Å²) < 4.78 is 23.0. The van der Waals surface area contributed by atoms with Crippen molar-refractivity contribution >= 4 is 27.5 Å². The minimum absolute atomic E-state index is 0.102. The average Bonchev–Trinajstić information content (AvgIpc) is 2.27. The lowest BCUT2D eigenvalue weighted by molar-refractivity contribution is -0.132. The van der Waals surface area contributed by atoms with Crippen LogP contribution in [0, 0.1) is 0 Å². The van der Waals surface area contributed by atoms with E-state index < -0.39 is 20.7 Å². The van der Waals surface area contributed by atoms with Crippen molar-refractivity contribution in [2.45, 2.75) is 25.1 Å². The van der Waals surface area contributed by atoms with Gasteiger partial charge in [0.25, 0.3) is 15.9 Å². The zero-order valence-electron chi connectivity index (χ0n) is 9.21. The zero-order valence-corrected chi connectivity index (χ0v) is 10.8. The van der Waals surface area contributed by atoms with Gasteiger partial charge >= 0.3 is 0 Å². The number of hydrogen-bond acceptors (Lipinski definition) is 5. The van der Waals surface area contributed by atoms with E-state index in [0.29, 0.717) is 5.69 Å². The van der Waals surface area contributed by atoms with Gasteiger partial charge in [-0.25, -0.2) is 12.7 Å². The number of carbonyl (C=O) groups is 1. The van der Waals surface area contributed by atoms with Gasteiger partial charge in [-0.1, -0.05) is 11.6 Å². The van der Waals surface area contributed by atoms with Crippen LogP contribution in [0.4, 0.5) is 0 Å². The van der Waals surface area contributed by atoms with Gasteiger partial charge in [-0.3, -0.25) is 4.79 Å². The van der Waals surface area contributed by atoms with Gasteiger partial charge in [0.05, 0.1) is 12.2 Å². The van der Waals surface area contributed by atoms with Crippen LogP contribution in [0.25, 0.3) is 0 Å². The minimum Gasteiger partial charge on any atom is -0.272 e. The molecule has 6 nitrogen and oxygen atoms in total. The number of rotatable bonds is 2. The lowest BCUT2D eigenvalue weighted by Gasteiger charge is -2.42. The first-order valence-corrected chi connectivity index (χ1v) is 6.63. The van der Waals surface area contributed by atoms with Crippen LogP contribution in [-0.4, -0.2) is 33.6 Å². The van der Waals surface area contributed by atoms with E-state index in [1.54, 1.807) is 0 Å². The topological polar surface area (TPSA) is 80.2 Å². The molecule has 8 heteroatoms. The molecule has 0 atom stereocenters. The molecule has 0 N–H and O–H groups in total. The third kappa shape index (κ3) is 1.69. The van der Waals surface area contributed by atoms with Crippen molar-refractivity contribution in [1.82, 2.24) is 14.5 Å². The molecule has 0 radical (unpaired) electrons. The Morgan fingerprint density at radius 2 is 2.00 bits per heavy atom. The van der Waals surface area contributed by atoms with Crippen LogP contribution in [0.15, 0.2) is 12.1 Å². The molecule has 2 heterocycles. The predicted molar refractivity (Wildman–Crippen MR) is 60.6 cm³/mol. The Morgan fingerprint density at radius 1 is 1.35 bits per heavy atom. The molecule has 2 rings (SSSR count). The van der Waals surface area contributed by atoms with Crippen LogP contribution >= 0.6 is 11.6 Å². The maximum Gasteiger partial charge on any atom is 0.259 e. The monoisotopic (exact) mass is 275 g/mol. The molecular weight excluding hydrogens is 266 g/mol. The molecule has 0 aliphatic carbocycles. The summed E-state index contributed by atoms with van der Waals surface area (Å²) in [6.45, 7) is 2.66. The SMILES string of the molecule is CC1(C)C(=O)N(Cc2ccc(Cl)nn2)S1(=O)=O. The third-order valence-corrected chi connectivity index (χ3v) is 5.21. The van der Waals surface area contributed by atoms with Gasteiger partial charge in [0.1, 0.15) is 0 Å². The van der Waals surface area contributed by atoms with Crippen LogP contribution in [0.1, 0.15) is 19.5 Å². The number of hydrogen-bond donors (Lipinski definition) is 0. The smallest absolute Gasteiger partial charge is 0.259 e. The second kappa shape index (κ2) is 3.64. The quantitative estimate of drug-likeness (QED) is 0.789. The van der Waals surface area contributed by atoms with Gasteiger partial charge in [-0.15, -0.1) is 5.10 Å². The number of nitrogens with zero attached hydrogens (tertiary/aromatic N) is 3. The van der Waals surface area contributed by atoms with Crippen LogP contribution in [-0.2, 0) is 21.4 Å². The first-order valence-electron chi connectivity index (χ1n) is 4.81.